The number of hydrogen-bond acceptors (Lipinski definition) is 3. The number of likely N-dealkylation sites (tertiary alicyclic amines) is 1. The molecule has 0 radical (unpaired) electrons. The maximum atomic E-state index is 12.6. The zero-order chi connectivity index (χ0) is 15.5. The molecule has 0 spiro atoms. The number of halogens is 1. The first-order valence-corrected chi connectivity index (χ1v) is 8.84. The Kier molecular flexibility index (Phi) is 5.03. The maximum absolute atomic E-state index is 12.6. The van der Waals surface area contributed by atoms with Crippen molar-refractivity contribution in [2.45, 2.75) is 25.9 Å². The Bertz CT molecular complexity index is 523. The van der Waals surface area contributed by atoms with Crippen LogP contribution in [0.3, 0.4) is 0 Å². The summed E-state index contributed by atoms with van der Waals surface area (Å²) in [4.78, 5) is 14.6. The number of nitrogens with zero attached hydrogens (tertiary/aromatic N) is 1. The molecule has 1 aromatic rings. The second-order valence-electron chi connectivity index (χ2n) is 6.30. The van der Waals surface area contributed by atoms with Crippen LogP contribution in [0.1, 0.15) is 19.8 Å². The quantitative estimate of drug-likeness (QED) is 0.893. The second kappa shape index (κ2) is 7.01. The van der Waals surface area contributed by atoms with Crippen molar-refractivity contribution in [3.63, 3.8) is 0 Å². The third-order valence-corrected chi connectivity index (χ3v) is 5.28. The SMILES string of the molecule is CC(Oc1cccc(Br)c1)C(=O)N1CC[C@@H]2CNC[C@@H]2CC1. The number of benzene rings is 1. The third-order valence-electron chi connectivity index (χ3n) is 4.79. The third kappa shape index (κ3) is 3.63. The van der Waals surface area contributed by atoms with Crippen molar-refractivity contribution in [3.05, 3.63) is 28.7 Å². The largest absolute Gasteiger partial charge is 0.481 e. The Morgan fingerprint density at radius 2 is 2.00 bits per heavy atom. The maximum Gasteiger partial charge on any atom is 0.263 e. The van der Waals surface area contributed by atoms with Crippen molar-refractivity contribution in [1.82, 2.24) is 10.2 Å². The van der Waals surface area contributed by atoms with Gasteiger partial charge in [-0.1, -0.05) is 22.0 Å². The first-order chi connectivity index (χ1) is 10.6. The monoisotopic (exact) mass is 366 g/mol. The molecule has 0 saturated carbocycles. The fraction of sp³-hybridized carbons (Fsp3) is 0.588. The fourth-order valence-electron chi connectivity index (χ4n) is 3.49. The Morgan fingerprint density at radius 1 is 1.32 bits per heavy atom. The molecule has 0 aliphatic carbocycles. The van der Waals surface area contributed by atoms with Gasteiger partial charge in [0.2, 0.25) is 0 Å². The Labute approximate surface area is 140 Å². The average Bonchev–Trinajstić information content (AvgIpc) is 2.85. The molecule has 0 aromatic heterocycles. The van der Waals surface area contributed by atoms with Crippen LogP contribution >= 0.6 is 15.9 Å². The van der Waals surface area contributed by atoms with Crippen molar-refractivity contribution in [3.8, 4) is 5.75 Å². The number of rotatable bonds is 3. The van der Waals surface area contributed by atoms with E-state index in [0.717, 1.165) is 61.1 Å². The van der Waals surface area contributed by atoms with Crippen molar-refractivity contribution >= 4 is 21.8 Å². The number of hydrogen-bond donors (Lipinski definition) is 1. The summed E-state index contributed by atoms with van der Waals surface area (Å²) in [6.45, 7) is 5.77. The molecule has 2 saturated heterocycles. The second-order valence-corrected chi connectivity index (χ2v) is 7.21. The fourth-order valence-corrected chi connectivity index (χ4v) is 3.87. The summed E-state index contributed by atoms with van der Waals surface area (Å²) < 4.78 is 6.77. The van der Waals surface area contributed by atoms with Crippen LogP contribution in [0, 0.1) is 11.8 Å². The molecule has 4 nitrogen and oxygen atoms in total. The van der Waals surface area contributed by atoms with Crippen molar-refractivity contribution in [2.75, 3.05) is 26.2 Å². The summed E-state index contributed by atoms with van der Waals surface area (Å²) in [5.74, 6) is 2.30. The number of amides is 1. The lowest BCUT2D eigenvalue weighted by Crippen LogP contribution is -2.41. The minimum atomic E-state index is -0.439. The Balaban J connectivity index is 1.58. The molecule has 1 N–H and O–H groups in total. The highest BCUT2D eigenvalue weighted by atomic mass is 79.9. The van der Waals surface area contributed by atoms with Crippen LogP contribution in [-0.2, 0) is 4.79 Å². The molecular formula is C17H23BrN2O2. The van der Waals surface area contributed by atoms with E-state index >= 15 is 0 Å². The van der Waals surface area contributed by atoms with E-state index in [4.69, 9.17) is 4.74 Å². The molecule has 0 bridgehead atoms. The summed E-state index contributed by atoms with van der Waals surface area (Å²) in [6, 6.07) is 7.63. The Hall–Kier alpha value is -1.07. The number of carbonyl (C=O) groups excluding carboxylic acids is 1. The van der Waals surface area contributed by atoms with E-state index in [1.165, 1.54) is 0 Å². The lowest BCUT2D eigenvalue weighted by atomic mass is 9.92. The smallest absolute Gasteiger partial charge is 0.263 e. The van der Waals surface area contributed by atoms with Gasteiger partial charge < -0.3 is 15.0 Å². The van der Waals surface area contributed by atoms with E-state index in [9.17, 15) is 4.79 Å². The van der Waals surface area contributed by atoms with Crippen LogP contribution in [0.15, 0.2) is 28.7 Å². The first-order valence-electron chi connectivity index (χ1n) is 8.05. The van der Waals surface area contributed by atoms with Crippen LogP contribution < -0.4 is 10.1 Å². The summed E-state index contributed by atoms with van der Waals surface area (Å²) in [5.41, 5.74) is 0. The van der Waals surface area contributed by atoms with Crippen LogP contribution in [-0.4, -0.2) is 43.1 Å². The molecule has 1 amide bonds. The molecule has 1 unspecified atom stereocenters. The van der Waals surface area contributed by atoms with Gasteiger partial charge >= 0.3 is 0 Å². The predicted molar refractivity (Wildman–Crippen MR) is 89.9 cm³/mol. The minimum Gasteiger partial charge on any atom is -0.481 e. The molecule has 3 atom stereocenters. The highest BCUT2D eigenvalue weighted by Crippen LogP contribution is 2.27. The van der Waals surface area contributed by atoms with Gasteiger partial charge in [-0.2, -0.15) is 0 Å². The van der Waals surface area contributed by atoms with Crippen LogP contribution in [0.2, 0.25) is 0 Å². The number of fused-ring (bicyclic) bond motifs is 1. The highest BCUT2D eigenvalue weighted by Gasteiger charge is 2.32. The molecule has 22 heavy (non-hydrogen) atoms. The van der Waals surface area contributed by atoms with Gasteiger partial charge in [0.25, 0.3) is 5.91 Å². The van der Waals surface area contributed by atoms with Crippen LogP contribution in [0.5, 0.6) is 5.75 Å². The van der Waals surface area contributed by atoms with Gasteiger partial charge in [0.15, 0.2) is 6.10 Å². The van der Waals surface area contributed by atoms with Gasteiger partial charge in [0, 0.05) is 17.6 Å². The molecule has 2 aliphatic heterocycles. The summed E-state index contributed by atoms with van der Waals surface area (Å²) in [5, 5.41) is 3.46. The molecule has 2 heterocycles. The van der Waals surface area contributed by atoms with Gasteiger partial charge in [-0.15, -0.1) is 0 Å². The van der Waals surface area contributed by atoms with Crippen molar-refractivity contribution < 1.29 is 9.53 Å². The molecular weight excluding hydrogens is 344 g/mol. The van der Waals surface area contributed by atoms with Crippen molar-refractivity contribution in [2.24, 2.45) is 11.8 Å². The van der Waals surface area contributed by atoms with E-state index < -0.39 is 6.10 Å². The van der Waals surface area contributed by atoms with E-state index in [0.29, 0.717) is 0 Å². The average molecular weight is 367 g/mol. The Morgan fingerprint density at radius 3 is 2.64 bits per heavy atom. The zero-order valence-electron chi connectivity index (χ0n) is 12.9. The number of nitrogens with one attached hydrogen (secondary N) is 1. The van der Waals surface area contributed by atoms with Gasteiger partial charge in [-0.05, 0) is 62.9 Å². The van der Waals surface area contributed by atoms with E-state index in [-0.39, 0.29) is 5.91 Å². The molecule has 120 valence electrons. The highest BCUT2D eigenvalue weighted by molar-refractivity contribution is 9.10. The number of carbonyl (C=O) groups is 1. The molecule has 2 aliphatic rings. The summed E-state index contributed by atoms with van der Waals surface area (Å²) in [6.07, 6.45) is 1.77. The summed E-state index contributed by atoms with van der Waals surface area (Å²) in [7, 11) is 0. The zero-order valence-corrected chi connectivity index (χ0v) is 14.5. The lowest BCUT2D eigenvalue weighted by molar-refractivity contribution is -0.137. The van der Waals surface area contributed by atoms with E-state index in [1.807, 2.05) is 36.1 Å². The van der Waals surface area contributed by atoms with Crippen LogP contribution in [0.4, 0.5) is 0 Å². The predicted octanol–water partition coefficient (Wildman–Crippen LogP) is 2.67. The van der Waals surface area contributed by atoms with E-state index in [1.54, 1.807) is 0 Å². The normalized spacial score (nSPS) is 26.2. The standard InChI is InChI=1S/C17H23BrN2O2/c1-12(22-16-4-2-3-15(18)9-16)17(21)20-7-5-13-10-19-11-14(13)6-8-20/h2-4,9,12-14,19H,5-8,10-11H2,1H3/t12?,13-,14+. The van der Waals surface area contributed by atoms with Crippen molar-refractivity contribution in [1.29, 1.82) is 0 Å². The minimum absolute atomic E-state index is 0.105. The molecule has 5 heteroatoms. The van der Waals surface area contributed by atoms with Gasteiger partial charge in [0.05, 0.1) is 0 Å². The lowest BCUT2D eigenvalue weighted by Gasteiger charge is -2.25. The van der Waals surface area contributed by atoms with Gasteiger partial charge in [-0.25, -0.2) is 0 Å². The first kappa shape index (κ1) is 15.8. The molecule has 3 rings (SSSR count). The topological polar surface area (TPSA) is 41.6 Å². The van der Waals surface area contributed by atoms with Gasteiger partial charge in [0.1, 0.15) is 5.75 Å². The van der Waals surface area contributed by atoms with E-state index in [2.05, 4.69) is 21.2 Å². The summed E-state index contributed by atoms with van der Waals surface area (Å²) >= 11 is 3.42. The van der Waals surface area contributed by atoms with Gasteiger partial charge in [-0.3, -0.25) is 4.79 Å². The number of ether oxygens (including phenoxy) is 1. The van der Waals surface area contributed by atoms with Crippen LogP contribution in [0.25, 0.3) is 0 Å². The molecule has 1 aromatic carbocycles. The molecule has 2 fully saturated rings.